The fourth-order valence-electron chi connectivity index (χ4n) is 3.61. The van der Waals surface area contributed by atoms with E-state index in [1.54, 1.807) is 6.92 Å². The van der Waals surface area contributed by atoms with E-state index in [9.17, 15) is 17.6 Å². The molecular formula is C19H19ClFNO4S. The van der Waals surface area contributed by atoms with Crippen molar-refractivity contribution in [2.75, 3.05) is 13.2 Å². The summed E-state index contributed by atoms with van der Waals surface area (Å²) in [7, 11) is -3.91. The number of halogens is 2. The zero-order valence-electron chi connectivity index (χ0n) is 14.6. The van der Waals surface area contributed by atoms with E-state index in [1.165, 1.54) is 48.5 Å². The molecule has 0 aromatic heterocycles. The van der Waals surface area contributed by atoms with Gasteiger partial charge >= 0.3 is 5.97 Å². The second kappa shape index (κ2) is 7.22. The first-order valence-electron chi connectivity index (χ1n) is 8.41. The molecule has 3 rings (SSSR count). The molecule has 0 spiro atoms. The third kappa shape index (κ3) is 3.24. The van der Waals surface area contributed by atoms with E-state index in [0.29, 0.717) is 10.6 Å². The first kappa shape index (κ1) is 19.8. The molecule has 27 heavy (non-hydrogen) atoms. The van der Waals surface area contributed by atoms with Crippen LogP contribution in [-0.2, 0) is 19.4 Å². The van der Waals surface area contributed by atoms with Gasteiger partial charge in [0, 0.05) is 17.5 Å². The van der Waals surface area contributed by atoms with E-state index < -0.39 is 38.2 Å². The summed E-state index contributed by atoms with van der Waals surface area (Å²) in [6, 6.07) is 11.1. The van der Waals surface area contributed by atoms with Gasteiger partial charge in [0.1, 0.15) is 11.2 Å². The zero-order valence-corrected chi connectivity index (χ0v) is 16.1. The molecule has 3 unspecified atom stereocenters. The van der Waals surface area contributed by atoms with Gasteiger partial charge in [-0.15, -0.1) is 0 Å². The lowest BCUT2D eigenvalue weighted by Gasteiger charge is -2.14. The van der Waals surface area contributed by atoms with Gasteiger partial charge in [-0.3, -0.25) is 4.79 Å². The van der Waals surface area contributed by atoms with Crippen LogP contribution < -0.4 is 5.73 Å². The van der Waals surface area contributed by atoms with Gasteiger partial charge in [0.15, 0.2) is 9.84 Å². The molecule has 0 bridgehead atoms. The number of carbonyl (C=O) groups is 1. The molecule has 3 atom stereocenters. The minimum atomic E-state index is -3.91. The molecule has 0 radical (unpaired) electrons. The number of hydrogen-bond donors (Lipinski definition) is 1. The van der Waals surface area contributed by atoms with Crippen molar-refractivity contribution < 1.29 is 22.3 Å². The van der Waals surface area contributed by atoms with E-state index in [0.717, 1.165) is 0 Å². The van der Waals surface area contributed by atoms with E-state index in [2.05, 4.69) is 0 Å². The van der Waals surface area contributed by atoms with Gasteiger partial charge in [0.25, 0.3) is 0 Å². The SMILES string of the molecule is CCOC(=O)C1(CN)C(c2ccc(F)cc2)C1S(=O)(=O)c1ccc(Cl)cc1. The molecule has 1 fully saturated rings. The highest BCUT2D eigenvalue weighted by Crippen LogP contribution is 2.64. The molecule has 5 nitrogen and oxygen atoms in total. The topological polar surface area (TPSA) is 86.5 Å². The molecule has 0 heterocycles. The minimum Gasteiger partial charge on any atom is -0.465 e. The molecule has 0 aliphatic heterocycles. The van der Waals surface area contributed by atoms with E-state index >= 15 is 0 Å². The highest BCUT2D eigenvalue weighted by atomic mass is 35.5. The Morgan fingerprint density at radius 1 is 1.19 bits per heavy atom. The number of hydrogen-bond acceptors (Lipinski definition) is 5. The number of esters is 1. The lowest BCUT2D eigenvalue weighted by Crippen LogP contribution is -2.33. The number of ether oxygens (including phenoxy) is 1. The lowest BCUT2D eigenvalue weighted by molar-refractivity contribution is -0.149. The van der Waals surface area contributed by atoms with Crippen LogP contribution in [0, 0.1) is 11.2 Å². The van der Waals surface area contributed by atoms with E-state index in [1.807, 2.05) is 0 Å². The van der Waals surface area contributed by atoms with Gasteiger partial charge in [-0.1, -0.05) is 23.7 Å². The summed E-state index contributed by atoms with van der Waals surface area (Å²) in [6.07, 6.45) is 0. The summed E-state index contributed by atoms with van der Waals surface area (Å²) in [6.45, 7) is 1.54. The molecule has 2 aromatic rings. The van der Waals surface area contributed by atoms with Crippen molar-refractivity contribution in [3.63, 3.8) is 0 Å². The first-order chi connectivity index (χ1) is 12.8. The van der Waals surface area contributed by atoms with Crippen LogP contribution >= 0.6 is 11.6 Å². The van der Waals surface area contributed by atoms with Crippen molar-refractivity contribution >= 4 is 27.4 Å². The third-order valence-corrected chi connectivity index (χ3v) is 7.50. The Labute approximate surface area is 162 Å². The van der Waals surface area contributed by atoms with Crippen LogP contribution in [0.2, 0.25) is 5.02 Å². The summed E-state index contributed by atoms with van der Waals surface area (Å²) in [5, 5.41) is -0.698. The molecule has 1 aliphatic carbocycles. The lowest BCUT2D eigenvalue weighted by atomic mass is 9.99. The minimum absolute atomic E-state index is 0.0450. The van der Waals surface area contributed by atoms with Gasteiger partial charge in [-0.25, -0.2) is 12.8 Å². The largest absolute Gasteiger partial charge is 0.465 e. The predicted molar refractivity (Wildman–Crippen MR) is 99.7 cm³/mol. The average Bonchev–Trinajstić information content (AvgIpc) is 3.34. The van der Waals surface area contributed by atoms with Gasteiger partial charge in [0.05, 0.1) is 16.8 Å². The van der Waals surface area contributed by atoms with Crippen molar-refractivity contribution in [3.8, 4) is 0 Å². The summed E-state index contributed by atoms with van der Waals surface area (Å²) in [5.41, 5.74) is 5.00. The summed E-state index contributed by atoms with van der Waals surface area (Å²) in [4.78, 5) is 12.7. The third-order valence-electron chi connectivity index (χ3n) is 4.96. The van der Waals surface area contributed by atoms with Gasteiger partial charge in [-0.05, 0) is 48.9 Å². The molecule has 0 amide bonds. The Morgan fingerprint density at radius 3 is 2.30 bits per heavy atom. The Balaban J connectivity index is 2.10. The number of carbonyl (C=O) groups excluding carboxylic acids is 1. The normalized spacial score (nSPS) is 24.4. The van der Waals surface area contributed by atoms with E-state index in [4.69, 9.17) is 22.1 Å². The van der Waals surface area contributed by atoms with Gasteiger partial charge < -0.3 is 10.5 Å². The fourth-order valence-corrected chi connectivity index (χ4v) is 6.12. The number of sulfone groups is 1. The summed E-state index contributed by atoms with van der Waals surface area (Å²) < 4.78 is 45.0. The summed E-state index contributed by atoms with van der Waals surface area (Å²) >= 11 is 5.85. The maximum Gasteiger partial charge on any atom is 0.315 e. The van der Waals surface area contributed by atoms with Crippen molar-refractivity contribution in [3.05, 3.63) is 64.9 Å². The van der Waals surface area contributed by atoms with Crippen LogP contribution in [0.5, 0.6) is 0 Å². The summed E-state index contributed by atoms with van der Waals surface area (Å²) in [5.74, 6) is -1.84. The Hall–Kier alpha value is -1.96. The number of rotatable bonds is 6. The number of nitrogens with two attached hydrogens (primary N) is 1. The van der Waals surface area contributed by atoms with Crippen molar-refractivity contribution in [2.45, 2.75) is 23.0 Å². The first-order valence-corrected chi connectivity index (χ1v) is 10.3. The molecule has 2 N–H and O–H groups in total. The van der Waals surface area contributed by atoms with Gasteiger partial charge in [-0.2, -0.15) is 0 Å². The highest BCUT2D eigenvalue weighted by Gasteiger charge is 2.75. The maximum atomic E-state index is 13.3. The highest BCUT2D eigenvalue weighted by molar-refractivity contribution is 7.92. The molecular weight excluding hydrogens is 393 g/mol. The van der Waals surface area contributed by atoms with Crippen LogP contribution in [0.15, 0.2) is 53.4 Å². The Kier molecular flexibility index (Phi) is 5.29. The van der Waals surface area contributed by atoms with E-state index in [-0.39, 0.29) is 18.0 Å². The predicted octanol–water partition coefficient (Wildman–Crippen LogP) is 2.93. The van der Waals surface area contributed by atoms with Crippen LogP contribution in [0.25, 0.3) is 0 Å². The maximum absolute atomic E-state index is 13.3. The molecule has 1 saturated carbocycles. The quantitative estimate of drug-likeness (QED) is 0.738. The van der Waals surface area contributed by atoms with Crippen LogP contribution in [-0.4, -0.2) is 32.8 Å². The molecule has 8 heteroatoms. The van der Waals surface area contributed by atoms with Crippen LogP contribution in [0.1, 0.15) is 18.4 Å². The van der Waals surface area contributed by atoms with Crippen LogP contribution in [0.4, 0.5) is 4.39 Å². The Bertz CT molecular complexity index is 947. The Morgan fingerprint density at radius 2 is 1.78 bits per heavy atom. The van der Waals surface area contributed by atoms with Gasteiger partial charge in [0.2, 0.25) is 0 Å². The molecule has 0 saturated heterocycles. The van der Waals surface area contributed by atoms with Crippen molar-refractivity contribution in [2.24, 2.45) is 11.1 Å². The fraction of sp³-hybridized carbons (Fsp3) is 0.316. The van der Waals surface area contributed by atoms with Crippen molar-refractivity contribution in [1.29, 1.82) is 0 Å². The second-order valence-corrected chi connectivity index (χ2v) is 8.92. The smallest absolute Gasteiger partial charge is 0.315 e. The molecule has 2 aromatic carbocycles. The monoisotopic (exact) mass is 411 g/mol. The standard InChI is InChI=1S/C19H19ClFNO4S/c1-2-26-18(23)19(11-22)16(12-3-7-14(21)8-4-12)17(19)27(24,25)15-9-5-13(20)6-10-15/h3-10,16-17H,2,11,22H2,1H3. The number of benzene rings is 2. The average molecular weight is 412 g/mol. The van der Waals surface area contributed by atoms with Crippen molar-refractivity contribution in [1.82, 2.24) is 0 Å². The zero-order chi connectivity index (χ0) is 19.8. The molecule has 144 valence electrons. The second-order valence-electron chi connectivity index (χ2n) is 6.41. The molecule has 1 aliphatic rings. The van der Waals surface area contributed by atoms with Crippen LogP contribution in [0.3, 0.4) is 0 Å².